The van der Waals surface area contributed by atoms with Gasteiger partial charge in [0.05, 0.1) is 17.9 Å². The number of hydrogen-bond donors (Lipinski definition) is 1. The molecule has 2 aromatic carbocycles. The molecule has 1 aliphatic heterocycles. The van der Waals surface area contributed by atoms with E-state index in [0.29, 0.717) is 45.5 Å². The Bertz CT molecular complexity index is 1070. The van der Waals surface area contributed by atoms with Crippen molar-refractivity contribution in [3.05, 3.63) is 53.3 Å². The van der Waals surface area contributed by atoms with Crippen LogP contribution < -0.4 is 19.5 Å². The van der Waals surface area contributed by atoms with E-state index in [9.17, 15) is 4.79 Å². The number of halogens is 1. The van der Waals surface area contributed by atoms with Gasteiger partial charge in [0, 0.05) is 12.7 Å². The Balaban J connectivity index is 1.36. The molecule has 1 unspecified atom stereocenters. The fourth-order valence-corrected chi connectivity index (χ4v) is 3.93. The zero-order valence-electron chi connectivity index (χ0n) is 16.3. The molecule has 1 aliphatic rings. The van der Waals surface area contributed by atoms with E-state index in [1.807, 2.05) is 35.9 Å². The fraction of sp³-hybridized carbons (Fsp3) is 0.250. The molecule has 1 N–H and O–H groups in total. The molecule has 1 atom stereocenters. The average molecular weight is 447 g/mol. The standard InChI is InChI=1S/C20H19ClN4O4S/c1-25-19(17-10-28-15-5-3-4-6-16(15)29-17)23-24-20(25)30-11-18(26)22-12-7-8-14(27-2)13(21)9-12/h3-9,17H,10-11H2,1-2H3,(H,22,26). The summed E-state index contributed by atoms with van der Waals surface area (Å²) in [5.41, 5.74) is 0.594. The Hall–Kier alpha value is -2.91. The van der Waals surface area contributed by atoms with Crippen LogP contribution in [0.15, 0.2) is 47.6 Å². The van der Waals surface area contributed by atoms with Crippen LogP contribution in [0.25, 0.3) is 0 Å². The van der Waals surface area contributed by atoms with Gasteiger partial charge in [0.1, 0.15) is 12.4 Å². The maximum Gasteiger partial charge on any atom is 0.234 e. The predicted molar refractivity (Wildman–Crippen MR) is 114 cm³/mol. The van der Waals surface area contributed by atoms with E-state index in [0.717, 1.165) is 0 Å². The zero-order valence-corrected chi connectivity index (χ0v) is 17.9. The molecular weight excluding hydrogens is 428 g/mol. The highest BCUT2D eigenvalue weighted by Crippen LogP contribution is 2.35. The third-order valence-corrected chi connectivity index (χ3v) is 5.75. The number of benzene rings is 2. The quantitative estimate of drug-likeness (QED) is 0.577. The van der Waals surface area contributed by atoms with E-state index < -0.39 is 0 Å². The smallest absolute Gasteiger partial charge is 0.234 e. The topological polar surface area (TPSA) is 87.5 Å². The molecular formula is C20H19ClN4O4S. The Morgan fingerprint density at radius 2 is 2.10 bits per heavy atom. The monoisotopic (exact) mass is 446 g/mol. The van der Waals surface area contributed by atoms with Gasteiger partial charge in [-0.3, -0.25) is 4.79 Å². The van der Waals surface area contributed by atoms with Crippen LogP contribution >= 0.6 is 23.4 Å². The lowest BCUT2D eigenvalue weighted by molar-refractivity contribution is -0.113. The summed E-state index contributed by atoms with van der Waals surface area (Å²) in [5.74, 6) is 2.54. The highest BCUT2D eigenvalue weighted by molar-refractivity contribution is 7.99. The summed E-state index contributed by atoms with van der Waals surface area (Å²) in [4.78, 5) is 12.3. The third-order valence-electron chi connectivity index (χ3n) is 4.43. The van der Waals surface area contributed by atoms with Crippen molar-refractivity contribution in [2.24, 2.45) is 7.05 Å². The van der Waals surface area contributed by atoms with Gasteiger partial charge < -0.3 is 24.1 Å². The van der Waals surface area contributed by atoms with Crippen LogP contribution in [-0.2, 0) is 11.8 Å². The van der Waals surface area contributed by atoms with E-state index >= 15 is 0 Å². The van der Waals surface area contributed by atoms with Crippen molar-refractivity contribution in [1.82, 2.24) is 14.8 Å². The summed E-state index contributed by atoms with van der Waals surface area (Å²) < 4.78 is 18.7. The summed E-state index contributed by atoms with van der Waals surface area (Å²) in [6.45, 7) is 0.340. The van der Waals surface area contributed by atoms with E-state index in [1.165, 1.54) is 18.9 Å². The molecule has 0 radical (unpaired) electrons. The highest BCUT2D eigenvalue weighted by Gasteiger charge is 2.27. The summed E-state index contributed by atoms with van der Waals surface area (Å²) in [6, 6.07) is 12.6. The molecule has 0 fully saturated rings. The van der Waals surface area contributed by atoms with Crippen molar-refractivity contribution in [3.8, 4) is 17.2 Å². The fourth-order valence-electron chi connectivity index (χ4n) is 2.95. The van der Waals surface area contributed by atoms with Crippen molar-refractivity contribution < 1.29 is 19.0 Å². The second-order valence-electron chi connectivity index (χ2n) is 6.45. The van der Waals surface area contributed by atoms with Crippen LogP contribution in [-0.4, -0.2) is 40.1 Å². The van der Waals surface area contributed by atoms with Crippen LogP contribution in [0, 0.1) is 0 Å². The summed E-state index contributed by atoms with van der Waals surface area (Å²) >= 11 is 7.37. The van der Waals surface area contributed by atoms with E-state index in [1.54, 1.807) is 18.2 Å². The molecule has 1 amide bonds. The molecule has 4 rings (SSSR count). The lowest BCUT2D eigenvalue weighted by Gasteiger charge is -2.25. The number of rotatable bonds is 6. The summed E-state index contributed by atoms with van der Waals surface area (Å²) in [5, 5.41) is 12.3. The summed E-state index contributed by atoms with van der Waals surface area (Å²) in [7, 11) is 3.37. The van der Waals surface area contributed by atoms with E-state index in [2.05, 4.69) is 15.5 Å². The van der Waals surface area contributed by atoms with Crippen molar-refractivity contribution >= 4 is 35.0 Å². The van der Waals surface area contributed by atoms with Gasteiger partial charge in [0.2, 0.25) is 5.91 Å². The lowest BCUT2D eigenvalue weighted by atomic mass is 10.2. The third kappa shape index (κ3) is 4.31. The van der Waals surface area contributed by atoms with Crippen molar-refractivity contribution in [1.29, 1.82) is 0 Å². The molecule has 8 nitrogen and oxygen atoms in total. The molecule has 0 bridgehead atoms. The number of para-hydroxylation sites is 2. The molecule has 1 aromatic heterocycles. The largest absolute Gasteiger partial charge is 0.495 e. The minimum atomic E-state index is -0.373. The van der Waals surface area contributed by atoms with Gasteiger partial charge in [-0.1, -0.05) is 35.5 Å². The van der Waals surface area contributed by atoms with Gasteiger partial charge in [-0.15, -0.1) is 10.2 Å². The number of nitrogens with one attached hydrogen (secondary N) is 1. The minimum Gasteiger partial charge on any atom is -0.495 e. The number of amides is 1. The van der Waals surface area contributed by atoms with Gasteiger partial charge in [0.25, 0.3) is 0 Å². The molecule has 3 aromatic rings. The van der Waals surface area contributed by atoms with Gasteiger partial charge in [-0.05, 0) is 30.3 Å². The Morgan fingerprint density at radius 3 is 2.87 bits per heavy atom. The maximum atomic E-state index is 12.3. The minimum absolute atomic E-state index is 0.167. The van der Waals surface area contributed by atoms with Crippen molar-refractivity contribution in [3.63, 3.8) is 0 Å². The molecule has 0 saturated heterocycles. The Morgan fingerprint density at radius 1 is 1.30 bits per heavy atom. The first-order valence-electron chi connectivity index (χ1n) is 9.09. The van der Waals surface area contributed by atoms with Gasteiger partial charge >= 0.3 is 0 Å². The molecule has 0 spiro atoms. The first-order valence-corrected chi connectivity index (χ1v) is 10.5. The van der Waals surface area contributed by atoms with Crippen molar-refractivity contribution in [2.75, 3.05) is 24.8 Å². The molecule has 0 aliphatic carbocycles. The van der Waals surface area contributed by atoms with Crippen LogP contribution in [0.3, 0.4) is 0 Å². The van der Waals surface area contributed by atoms with E-state index in [-0.39, 0.29) is 17.8 Å². The van der Waals surface area contributed by atoms with Crippen LogP contribution in [0.4, 0.5) is 5.69 Å². The number of anilines is 1. The first kappa shape index (κ1) is 20.4. The van der Waals surface area contributed by atoms with Crippen LogP contribution in [0.2, 0.25) is 5.02 Å². The number of fused-ring (bicyclic) bond motifs is 1. The molecule has 156 valence electrons. The molecule has 0 saturated carbocycles. The number of nitrogens with zero attached hydrogens (tertiary/aromatic N) is 3. The first-order chi connectivity index (χ1) is 14.5. The average Bonchev–Trinajstić information content (AvgIpc) is 3.12. The lowest BCUT2D eigenvalue weighted by Crippen LogP contribution is -2.24. The Kier molecular flexibility index (Phi) is 6.01. The SMILES string of the molecule is COc1ccc(NC(=O)CSc2nnc(C3COc4ccccc4O3)n2C)cc1Cl. The maximum absolute atomic E-state index is 12.3. The highest BCUT2D eigenvalue weighted by atomic mass is 35.5. The number of carbonyl (C=O) groups is 1. The van der Waals surface area contributed by atoms with Crippen molar-refractivity contribution in [2.45, 2.75) is 11.3 Å². The normalized spacial score (nSPS) is 15.0. The number of hydrogen-bond acceptors (Lipinski definition) is 7. The molecule has 10 heteroatoms. The number of methoxy groups -OCH3 is 1. The zero-order chi connectivity index (χ0) is 21.1. The van der Waals surface area contributed by atoms with Gasteiger partial charge in [0.15, 0.2) is 28.6 Å². The van der Waals surface area contributed by atoms with Gasteiger partial charge in [-0.2, -0.15) is 0 Å². The number of carbonyl (C=O) groups excluding carboxylic acids is 1. The summed E-state index contributed by atoms with van der Waals surface area (Å²) in [6.07, 6.45) is -0.373. The van der Waals surface area contributed by atoms with E-state index in [4.69, 9.17) is 25.8 Å². The van der Waals surface area contributed by atoms with Crippen LogP contribution in [0.1, 0.15) is 11.9 Å². The number of aromatic nitrogens is 3. The van der Waals surface area contributed by atoms with Gasteiger partial charge in [-0.25, -0.2) is 0 Å². The second-order valence-corrected chi connectivity index (χ2v) is 7.80. The molecule has 30 heavy (non-hydrogen) atoms. The number of thioether (sulfide) groups is 1. The second kappa shape index (κ2) is 8.85. The Labute approximate surface area is 182 Å². The predicted octanol–water partition coefficient (Wildman–Crippen LogP) is 3.72. The molecule has 2 heterocycles. The van der Waals surface area contributed by atoms with Crippen LogP contribution in [0.5, 0.6) is 17.2 Å². The number of ether oxygens (including phenoxy) is 3.